The molecule has 9 nitrogen and oxygen atoms in total. The van der Waals surface area contributed by atoms with E-state index in [-0.39, 0.29) is 40.9 Å². The fourth-order valence-corrected chi connectivity index (χ4v) is 6.67. The number of sulfone groups is 1. The van der Waals surface area contributed by atoms with Crippen molar-refractivity contribution in [2.45, 2.75) is 46.0 Å². The van der Waals surface area contributed by atoms with Crippen LogP contribution in [-0.4, -0.2) is 59.1 Å². The number of unbranched alkanes of at least 4 members (excludes halogenated alkanes) is 2. The van der Waals surface area contributed by atoms with Crippen molar-refractivity contribution in [3.8, 4) is 11.3 Å². The van der Waals surface area contributed by atoms with Gasteiger partial charge in [-0.1, -0.05) is 20.3 Å². The van der Waals surface area contributed by atoms with E-state index < -0.39 is 31.6 Å². The van der Waals surface area contributed by atoms with Crippen LogP contribution in [0, 0.1) is 5.82 Å². The summed E-state index contributed by atoms with van der Waals surface area (Å²) in [7, 11) is -5.48. The minimum absolute atomic E-state index is 0.00754. The van der Waals surface area contributed by atoms with Crippen LogP contribution < -0.4 is 9.62 Å². The molecule has 3 rings (SSSR count). The Morgan fingerprint density at radius 1 is 1.05 bits per heavy atom. The smallest absolute Gasteiger partial charge is 0.255 e. The summed E-state index contributed by atoms with van der Waals surface area (Å²) in [6.45, 7) is 3.81. The molecule has 0 aliphatic rings. The van der Waals surface area contributed by atoms with E-state index in [4.69, 9.17) is 4.42 Å². The highest BCUT2D eigenvalue weighted by atomic mass is 32.2. The first-order chi connectivity index (χ1) is 17.9. The molecule has 0 bridgehead atoms. The standard InChI is InChI=1S/C26H34FN3O6S2/c1-5-7-15-38(34,35)16-9-8-14-30(37(4,32)33)24-18(6-2)17-21-22(25(31)28-3)23(36-26(21)29-24)19-10-12-20(27)13-11-19/h10-13,17H,5-9,14-16H2,1-4H3,(H,28,31). The van der Waals surface area contributed by atoms with E-state index in [0.29, 0.717) is 42.2 Å². The molecule has 12 heteroatoms. The fraction of sp³-hybridized carbons (Fsp3) is 0.462. The number of nitrogens with one attached hydrogen (secondary N) is 1. The average Bonchev–Trinajstić information content (AvgIpc) is 3.24. The molecule has 1 amide bonds. The summed E-state index contributed by atoms with van der Waals surface area (Å²) in [6, 6.07) is 7.16. The molecular formula is C26H34FN3O6S2. The van der Waals surface area contributed by atoms with Crippen LogP contribution in [0.25, 0.3) is 22.4 Å². The Morgan fingerprint density at radius 3 is 2.29 bits per heavy atom. The number of aryl methyl sites for hydroxylation is 1. The highest BCUT2D eigenvalue weighted by molar-refractivity contribution is 7.92. The maximum Gasteiger partial charge on any atom is 0.255 e. The molecular weight excluding hydrogens is 533 g/mol. The quantitative estimate of drug-likeness (QED) is 0.305. The summed E-state index contributed by atoms with van der Waals surface area (Å²) in [5, 5.41) is 2.99. The number of amides is 1. The van der Waals surface area contributed by atoms with Crippen LogP contribution in [0.3, 0.4) is 0 Å². The van der Waals surface area contributed by atoms with Crippen molar-refractivity contribution in [2.75, 3.05) is 35.7 Å². The van der Waals surface area contributed by atoms with E-state index >= 15 is 0 Å². The molecule has 0 fully saturated rings. The topological polar surface area (TPSA) is 127 Å². The Balaban J connectivity index is 2.03. The number of sulfonamides is 1. The number of carbonyl (C=O) groups is 1. The molecule has 0 aliphatic heterocycles. The van der Waals surface area contributed by atoms with E-state index in [1.54, 1.807) is 6.07 Å². The van der Waals surface area contributed by atoms with Gasteiger partial charge in [0.25, 0.3) is 5.91 Å². The van der Waals surface area contributed by atoms with Gasteiger partial charge in [0.1, 0.15) is 27.2 Å². The summed E-state index contributed by atoms with van der Waals surface area (Å²) in [4.78, 5) is 17.3. The third-order valence-corrected chi connectivity index (χ3v) is 9.17. The van der Waals surface area contributed by atoms with E-state index in [0.717, 1.165) is 17.0 Å². The highest BCUT2D eigenvalue weighted by Gasteiger charge is 2.27. The number of aromatic nitrogens is 1. The fourth-order valence-electron chi connectivity index (χ4n) is 4.16. The van der Waals surface area contributed by atoms with Gasteiger partial charge >= 0.3 is 0 Å². The number of rotatable bonds is 13. The number of fused-ring (bicyclic) bond motifs is 1. The maximum absolute atomic E-state index is 13.5. The Kier molecular flexibility index (Phi) is 9.53. The van der Waals surface area contributed by atoms with Crippen molar-refractivity contribution in [1.82, 2.24) is 10.3 Å². The zero-order valence-corrected chi connectivity index (χ0v) is 23.7. The number of benzene rings is 1. The predicted molar refractivity (Wildman–Crippen MR) is 147 cm³/mol. The summed E-state index contributed by atoms with van der Waals surface area (Å²) < 4.78 is 70.6. The molecule has 0 spiro atoms. The lowest BCUT2D eigenvalue weighted by Crippen LogP contribution is -2.33. The van der Waals surface area contributed by atoms with Gasteiger partial charge in [-0.15, -0.1) is 0 Å². The van der Waals surface area contributed by atoms with Crippen LogP contribution in [0.1, 0.15) is 55.5 Å². The largest absolute Gasteiger partial charge is 0.437 e. The zero-order valence-electron chi connectivity index (χ0n) is 22.1. The Bertz CT molecular complexity index is 1500. The lowest BCUT2D eigenvalue weighted by molar-refractivity contribution is 0.0964. The SMILES string of the molecule is CCCCS(=O)(=O)CCCCN(c1nc2oc(-c3ccc(F)cc3)c(C(=O)NC)c2cc1CC)S(C)(=O)=O. The lowest BCUT2D eigenvalue weighted by atomic mass is 10.0. The molecule has 3 aromatic rings. The molecule has 0 saturated heterocycles. The van der Waals surface area contributed by atoms with E-state index in [1.165, 1.54) is 31.3 Å². The Labute approximate surface area is 223 Å². The number of anilines is 1. The summed E-state index contributed by atoms with van der Waals surface area (Å²) in [6.07, 6.45) is 3.51. The molecule has 0 aliphatic carbocycles. The first-order valence-corrected chi connectivity index (χ1v) is 16.2. The van der Waals surface area contributed by atoms with Gasteiger partial charge in [0, 0.05) is 19.2 Å². The monoisotopic (exact) mass is 567 g/mol. The van der Waals surface area contributed by atoms with Gasteiger partial charge in [-0.3, -0.25) is 9.10 Å². The minimum atomic E-state index is -3.77. The normalized spacial score (nSPS) is 12.1. The highest BCUT2D eigenvalue weighted by Crippen LogP contribution is 2.36. The number of hydrogen-bond donors (Lipinski definition) is 1. The average molecular weight is 568 g/mol. The first-order valence-electron chi connectivity index (χ1n) is 12.5. The third-order valence-electron chi connectivity index (χ3n) is 6.19. The van der Waals surface area contributed by atoms with Gasteiger partial charge in [-0.05, 0) is 61.6 Å². The Hall–Kier alpha value is -2.99. The second kappa shape index (κ2) is 12.2. The molecule has 0 unspecified atom stereocenters. The second-order valence-corrected chi connectivity index (χ2v) is 13.3. The molecule has 0 atom stereocenters. The Morgan fingerprint density at radius 2 is 1.71 bits per heavy atom. The number of pyridine rings is 1. The molecule has 0 saturated carbocycles. The van der Waals surface area contributed by atoms with Crippen LogP contribution in [0.2, 0.25) is 0 Å². The molecule has 1 N–H and O–H groups in total. The van der Waals surface area contributed by atoms with Crippen LogP contribution in [-0.2, 0) is 26.3 Å². The van der Waals surface area contributed by atoms with Gasteiger partial charge in [-0.2, -0.15) is 4.98 Å². The zero-order chi connectivity index (χ0) is 28.1. The van der Waals surface area contributed by atoms with Crippen molar-refractivity contribution in [2.24, 2.45) is 0 Å². The van der Waals surface area contributed by atoms with Crippen LogP contribution in [0.4, 0.5) is 10.2 Å². The third kappa shape index (κ3) is 6.90. The molecule has 2 heterocycles. The lowest BCUT2D eigenvalue weighted by Gasteiger charge is -2.23. The number of halogens is 1. The van der Waals surface area contributed by atoms with Crippen molar-refractivity contribution >= 4 is 42.7 Å². The molecule has 2 aromatic heterocycles. The molecule has 1 aromatic carbocycles. The molecule has 208 valence electrons. The number of hydrogen-bond acceptors (Lipinski definition) is 7. The summed E-state index contributed by atoms with van der Waals surface area (Å²) in [5.41, 5.74) is 1.32. The number of furan rings is 1. The van der Waals surface area contributed by atoms with Crippen LogP contribution in [0.15, 0.2) is 34.7 Å². The van der Waals surface area contributed by atoms with Gasteiger partial charge < -0.3 is 9.73 Å². The van der Waals surface area contributed by atoms with Gasteiger partial charge in [0.05, 0.1) is 28.7 Å². The summed E-state index contributed by atoms with van der Waals surface area (Å²) in [5.74, 6) is -0.397. The van der Waals surface area contributed by atoms with Gasteiger partial charge in [0.15, 0.2) is 0 Å². The van der Waals surface area contributed by atoms with Crippen molar-refractivity contribution < 1.29 is 30.4 Å². The second-order valence-electron chi connectivity index (χ2n) is 9.12. The van der Waals surface area contributed by atoms with E-state index in [9.17, 15) is 26.0 Å². The van der Waals surface area contributed by atoms with Crippen LogP contribution >= 0.6 is 0 Å². The predicted octanol–water partition coefficient (Wildman–Crippen LogP) is 4.32. The minimum Gasteiger partial charge on any atom is -0.437 e. The molecule has 0 radical (unpaired) electrons. The first kappa shape index (κ1) is 29.6. The van der Waals surface area contributed by atoms with Gasteiger partial charge in [-0.25, -0.2) is 21.2 Å². The van der Waals surface area contributed by atoms with Crippen molar-refractivity contribution in [1.29, 1.82) is 0 Å². The number of nitrogens with zero attached hydrogens (tertiary/aromatic N) is 2. The maximum atomic E-state index is 13.5. The van der Waals surface area contributed by atoms with Gasteiger partial charge in [0.2, 0.25) is 15.7 Å². The van der Waals surface area contributed by atoms with E-state index in [2.05, 4.69) is 10.3 Å². The van der Waals surface area contributed by atoms with E-state index in [1.807, 2.05) is 13.8 Å². The molecule has 38 heavy (non-hydrogen) atoms. The van der Waals surface area contributed by atoms with Crippen LogP contribution in [0.5, 0.6) is 0 Å². The van der Waals surface area contributed by atoms with Crippen molar-refractivity contribution in [3.63, 3.8) is 0 Å². The number of carbonyl (C=O) groups excluding carboxylic acids is 1. The van der Waals surface area contributed by atoms with Crippen molar-refractivity contribution in [3.05, 3.63) is 47.3 Å². The summed E-state index contributed by atoms with van der Waals surface area (Å²) >= 11 is 0.